The summed E-state index contributed by atoms with van der Waals surface area (Å²) in [4.78, 5) is 34.9. The van der Waals surface area contributed by atoms with E-state index in [4.69, 9.17) is 4.42 Å². The number of nitro benzene ring substituents is 1. The van der Waals surface area contributed by atoms with Gasteiger partial charge in [-0.25, -0.2) is 0 Å². The standard InChI is InChI=1S/C19H15N3O5/c23-18(20-12-14-5-1-2-8-16(14)22(25)26)13-6-3-7-15(11-13)21-19(24)17-9-4-10-27-17/h1-11H,12H2,(H,20,23)(H,21,24). The molecule has 0 saturated carbocycles. The van der Waals surface area contributed by atoms with Crippen LogP contribution in [-0.4, -0.2) is 16.7 Å². The van der Waals surface area contributed by atoms with Crippen molar-refractivity contribution in [3.8, 4) is 0 Å². The SMILES string of the molecule is O=C(NCc1ccccc1[N+](=O)[O-])c1cccc(NC(=O)c2ccco2)c1. The van der Waals surface area contributed by atoms with Crippen molar-refractivity contribution in [1.29, 1.82) is 0 Å². The normalized spacial score (nSPS) is 10.2. The highest BCUT2D eigenvalue weighted by Gasteiger charge is 2.14. The maximum atomic E-state index is 12.4. The number of furan rings is 1. The van der Waals surface area contributed by atoms with Gasteiger partial charge in [0, 0.05) is 29.4 Å². The molecule has 8 heteroatoms. The van der Waals surface area contributed by atoms with E-state index in [0.29, 0.717) is 16.8 Å². The van der Waals surface area contributed by atoms with Gasteiger partial charge in [-0.1, -0.05) is 24.3 Å². The molecule has 3 aromatic rings. The Morgan fingerprint density at radius 3 is 2.56 bits per heavy atom. The van der Waals surface area contributed by atoms with Crippen LogP contribution in [0.5, 0.6) is 0 Å². The average molecular weight is 365 g/mol. The largest absolute Gasteiger partial charge is 0.459 e. The van der Waals surface area contributed by atoms with Crippen molar-refractivity contribution in [2.45, 2.75) is 6.54 Å². The number of para-hydroxylation sites is 1. The third-order valence-electron chi connectivity index (χ3n) is 3.76. The molecule has 0 saturated heterocycles. The zero-order chi connectivity index (χ0) is 19.2. The highest BCUT2D eigenvalue weighted by Crippen LogP contribution is 2.18. The molecule has 3 rings (SSSR count). The second-order valence-corrected chi connectivity index (χ2v) is 5.58. The Kier molecular flexibility index (Phi) is 5.27. The molecule has 2 aromatic carbocycles. The molecule has 0 atom stereocenters. The summed E-state index contributed by atoms with van der Waals surface area (Å²) in [7, 11) is 0. The van der Waals surface area contributed by atoms with Crippen molar-refractivity contribution in [2.24, 2.45) is 0 Å². The summed E-state index contributed by atoms with van der Waals surface area (Å²) in [6.45, 7) is 0.0129. The summed E-state index contributed by atoms with van der Waals surface area (Å²) in [5, 5.41) is 16.3. The van der Waals surface area contributed by atoms with Crippen LogP contribution in [0.3, 0.4) is 0 Å². The van der Waals surface area contributed by atoms with Crippen LogP contribution >= 0.6 is 0 Å². The molecule has 0 spiro atoms. The number of amides is 2. The summed E-state index contributed by atoms with van der Waals surface area (Å²) in [5.41, 5.74) is 1.08. The van der Waals surface area contributed by atoms with Gasteiger partial charge in [-0.3, -0.25) is 19.7 Å². The number of anilines is 1. The molecule has 1 aromatic heterocycles. The van der Waals surface area contributed by atoms with E-state index in [1.807, 2.05) is 0 Å². The highest BCUT2D eigenvalue weighted by molar-refractivity contribution is 6.03. The second kappa shape index (κ2) is 7.96. The predicted molar refractivity (Wildman–Crippen MR) is 97.4 cm³/mol. The Morgan fingerprint density at radius 2 is 1.81 bits per heavy atom. The smallest absolute Gasteiger partial charge is 0.291 e. The van der Waals surface area contributed by atoms with Crippen LogP contribution in [0.15, 0.2) is 71.3 Å². The van der Waals surface area contributed by atoms with Gasteiger partial charge in [0.25, 0.3) is 17.5 Å². The first-order chi connectivity index (χ1) is 13.0. The number of nitrogens with one attached hydrogen (secondary N) is 2. The number of hydrogen-bond donors (Lipinski definition) is 2. The molecule has 1 heterocycles. The minimum absolute atomic E-state index is 0.0129. The fourth-order valence-electron chi connectivity index (χ4n) is 2.45. The molecule has 0 aliphatic carbocycles. The molecule has 0 bridgehead atoms. The van der Waals surface area contributed by atoms with Gasteiger partial charge in [0.15, 0.2) is 5.76 Å². The van der Waals surface area contributed by atoms with E-state index in [2.05, 4.69) is 10.6 Å². The van der Waals surface area contributed by atoms with Gasteiger partial charge in [0.2, 0.25) is 0 Å². The van der Waals surface area contributed by atoms with Crippen LogP contribution in [0, 0.1) is 10.1 Å². The third kappa shape index (κ3) is 4.37. The summed E-state index contributed by atoms with van der Waals surface area (Å²) >= 11 is 0. The van der Waals surface area contributed by atoms with Crippen molar-refractivity contribution in [3.05, 3.63) is 93.9 Å². The number of carbonyl (C=O) groups is 2. The van der Waals surface area contributed by atoms with Gasteiger partial charge < -0.3 is 15.1 Å². The molecule has 0 fully saturated rings. The molecule has 0 unspecified atom stereocenters. The van der Waals surface area contributed by atoms with Crippen molar-refractivity contribution >= 4 is 23.2 Å². The lowest BCUT2D eigenvalue weighted by Gasteiger charge is -2.08. The molecule has 2 N–H and O–H groups in total. The molecule has 2 amide bonds. The van der Waals surface area contributed by atoms with E-state index in [1.165, 1.54) is 24.5 Å². The first-order valence-corrected chi connectivity index (χ1v) is 8.00. The predicted octanol–water partition coefficient (Wildman–Crippen LogP) is 3.37. The van der Waals surface area contributed by atoms with Gasteiger partial charge in [0.05, 0.1) is 11.2 Å². The van der Waals surface area contributed by atoms with Gasteiger partial charge in [-0.05, 0) is 30.3 Å². The molecule has 0 aliphatic rings. The van der Waals surface area contributed by atoms with Crippen LogP contribution in [0.1, 0.15) is 26.5 Å². The summed E-state index contributed by atoms with van der Waals surface area (Å²) in [6.07, 6.45) is 1.39. The summed E-state index contributed by atoms with van der Waals surface area (Å²) < 4.78 is 5.02. The van der Waals surface area contributed by atoms with Crippen molar-refractivity contribution < 1.29 is 18.9 Å². The Balaban J connectivity index is 1.67. The minimum atomic E-state index is -0.494. The van der Waals surface area contributed by atoms with Crippen LogP contribution < -0.4 is 10.6 Å². The maximum Gasteiger partial charge on any atom is 0.291 e. The zero-order valence-corrected chi connectivity index (χ0v) is 14.0. The van der Waals surface area contributed by atoms with Gasteiger partial charge in [0.1, 0.15) is 0 Å². The Labute approximate surface area is 154 Å². The lowest BCUT2D eigenvalue weighted by atomic mass is 10.1. The Bertz CT molecular complexity index is 983. The number of nitro groups is 1. The molecular weight excluding hydrogens is 350 g/mol. The van der Waals surface area contributed by atoms with E-state index in [9.17, 15) is 19.7 Å². The summed E-state index contributed by atoms with van der Waals surface area (Å²) in [6, 6.07) is 15.7. The quantitative estimate of drug-likeness (QED) is 0.513. The third-order valence-corrected chi connectivity index (χ3v) is 3.76. The first-order valence-electron chi connectivity index (χ1n) is 8.00. The van der Waals surface area contributed by atoms with E-state index in [1.54, 1.807) is 42.5 Å². The monoisotopic (exact) mass is 365 g/mol. The van der Waals surface area contributed by atoms with E-state index in [-0.39, 0.29) is 18.0 Å². The first kappa shape index (κ1) is 17.9. The molecule has 8 nitrogen and oxygen atoms in total. The number of nitrogens with zero attached hydrogens (tertiary/aromatic N) is 1. The number of benzene rings is 2. The van der Waals surface area contributed by atoms with Crippen LogP contribution in [-0.2, 0) is 6.54 Å². The lowest BCUT2D eigenvalue weighted by Crippen LogP contribution is -2.23. The number of rotatable bonds is 6. The second-order valence-electron chi connectivity index (χ2n) is 5.58. The molecular formula is C19H15N3O5. The average Bonchev–Trinajstić information content (AvgIpc) is 3.21. The summed E-state index contributed by atoms with van der Waals surface area (Å²) in [5.74, 6) is -0.694. The maximum absolute atomic E-state index is 12.4. The topological polar surface area (TPSA) is 114 Å². The van der Waals surface area contributed by atoms with Crippen molar-refractivity contribution in [2.75, 3.05) is 5.32 Å². The fraction of sp³-hybridized carbons (Fsp3) is 0.0526. The molecule has 27 heavy (non-hydrogen) atoms. The van der Waals surface area contributed by atoms with E-state index >= 15 is 0 Å². The van der Waals surface area contributed by atoms with Gasteiger partial charge in [-0.15, -0.1) is 0 Å². The molecule has 0 radical (unpaired) electrons. The number of hydrogen-bond acceptors (Lipinski definition) is 5. The Hall–Kier alpha value is -3.94. The van der Waals surface area contributed by atoms with Crippen LogP contribution in [0.2, 0.25) is 0 Å². The molecule has 136 valence electrons. The van der Waals surface area contributed by atoms with Crippen LogP contribution in [0.25, 0.3) is 0 Å². The van der Waals surface area contributed by atoms with Crippen molar-refractivity contribution in [3.63, 3.8) is 0 Å². The lowest BCUT2D eigenvalue weighted by molar-refractivity contribution is -0.385. The number of carbonyl (C=O) groups excluding carboxylic acids is 2. The van der Waals surface area contributed by atoms with E-state index < -0.39 is 16.7 Å². The van der Waals surface area contributed by atoms with Gasteiger partial charge in [-0.2, -0.15) is 0 Å². The Morgan fingerprint density at radius 1 is 1.00 bits per heavy atom. The molecule has 0 aliphatic heterocycles. The zero-order valence-electron chi connectivity index (χ0n) is 14.0. The van der Waals surface area contributed by atoms with Gasteiger partial charge >= 0.3 is 0 Å². The van der Waals surface area contributed by atoms with Crippen LogP contribution in [0.4, 0.5) is 11.4 Å². The minimum Gasteiger partial charge on any atom is -0.459 e. The fourth-order valence-corrected chi connectivity index (χ4v) is 2.45. The van der Waals surface area contributed by atoms with E-state index in [0.717, 1.165) is 0 Å². The highest BCUT2D eigenvalue weighted by atomic mass is 16.6. The van der Waals surface area contributed by atoms with Crippen molar-refractivity contribution in [1.82, 2.24) is 5.32 Å².